The predicted octanol–water partition coefficient (Wildman–Crippen LogP) is 3.15. The molecule has 1 amide bonds. The fourth-order valence-electron chi connectivity index (χ4n) is 2.90. The Bertz CT molecular complexity index is 793. The third kappa shape index (κ3) is 2.87. The van der Waals surface area contributed by atoms with E-state index in [1.807, 2.05) is 12.1 Å². The van der Waals surface area contributed by atoms with Crippen molar-refractivity contribution in [2.24, 2.45) is 0 Å². The van der Waals surface area contributed by atoms with E-state index in [0.717, 1.165) is 11.3 Å². The molecule has 0 radical (unpaired) electrons. The molecule has 2 heterocycles. The predicted molar refractivity (Wildman–Crippen MR) is 89.1 cm³/mol. The SMILES string of the molecule is O=C(c1ccc2c(c1)OCCO2)N1CCOc2ccc(Cl)cc2C1. The molecule has 0 saturated heterocycles. The Morgan fingerprint density at radius 2 is 1.67 bits per heavy atom. The molecule has 2 aliphatic heterocycles. The molecular weight excluding hydrogens is 330 g/mol. The summed E-state index contributed by atoms with van der Waals surface area (Å²) in [5.74, 6) is 2.00. The smallest absolute Gasteiger partial charge is 0.254 e. The summed E-state index contributed by atoms with van der Waals surface area (Å²) < 4.78 is 16.8. The number of ether oxygens (including phenoxy) is 3. The maximum absolute atomic E-state index is 12.9. The van der Waals surface area contributed by atoms with Crippen molar-refractivity contribution < 1.29 is 19.0 Å². The zero-order chi connectivity index (χ0) is 16.5. The van der Waals surface area contributed by atoms with Crippen molar-refractivity contribution in [2.75, 3.05) is 26.4 Å². The molecule has 2 aromatic rings. The molecule has 0 bridgehead atoms. The molecule has 0 unspecified atom stereocenters. The van der Waals surface area contributed by atoms with Crippen LogP contribution in [-0.4, -0.2) is 37.2 Å². The topological polar surface area (TPSA) is 48.0 Å². The molecule has 2 aromatic carbocycles. The minimum absolute atomic E-state index is 0.0663. The Balaban J connectivity index is 1.60. The zero-order valence-corrected chi connectivity index (χ0v) is 13.7. The van der Waals surface area contributed by atoms with Crippen molar-refractivity contribution >= 4 is 17.5 Å². The summed E-state index contributed by atoms with van der Waals surface area (Å²) >= 11 is 6.06. The van der Waals surface area contributed by atoms with Gasteiger partial charge in [0.2, 0.25) is 0 Å². The van der Waals surface area contributed by atoms with Gasteiger partial charge in [-0.05, 0) is 36.4 Å². The van der Waals surface area contributed by atoms with Crippen molar-refractivity contribution in [3.63, 3.8) is 0 Å². The van der Waals surface area contributed by atoms with Gasteiger partial charge in [-0.15, -0.1) is 0 Å². The Hall–Kier alpha value is -2.40. The molecule has 0 atom stereocenters. The van der Waals surface area contributed by atoms with E-state index >= 15 is 0 Å². The first-order valence-electron chi connectivity index (χ1n) is 7.81. The van der Waals surface area contributed by atoms with Crippen molar-refractivity contribution in [1.82, 2.24) is 4.90 Å². The number of hydrogen-bond donors (Lipinski definition) is 0. The van der Waals surface area contributed by atoms with Gasteiger partial charge in [0.15, 0.2) is 11.5 Å². The molecular formula is C18H16ClNO4. The fraction of sp³-hybridized carbons (Fsp3) is 0.278. The molecule has 0 aliphatic carbocycles. The first-order valence-corrected chi connectivity index (χ1v) is 8.19. The van der Waals surface area contributed by atoms with Crippen LogP contribution in [0.4, 0.5) is 0 Å². The summed E-state index contributed by atoms with van der Waals surface area (Å²) in [6.07, 6.45) is 0. The van der Waals surface area contributed by atoms with Gasteiger partial charge in [-0.3, -0.25) is 4.79 Å². The van der Waals surface area contributed by atoms with E-state index in [0.29, 0.717) is 55.0 Å². The Morgan fingerprint density at radius 3 is 2.54 bits per heavy atom. The monoisotopic (exact) mass is 345 g/mol. The van der Waals surface area contributed by atoms with Crippen LogP contribution in [0.2, 0.25) is 5.02 Å². The van der Waals surface area contributed by atoms with E-state index in [1.54, 1.807) is 29.2 Å². The third-order valence-corrected chi connectivity index (χ3v) is 4.31. The molecule has 2 aliphatic rings. The van der Waals surface area contributed by atoms with Gasteiger partial charge in [0.25, 0.3) is 5.91 Å². The van der Waals surface area contributed by atoms with Gasteiger partial charge < -0.3 is 19.1 Å². The van der Waals surface area contributed by atoms with Crippen LogP contribution in [0.3, 0.4) is 0 Å². The summed E-state index contributed by atoms with van der Waals surface area (Å²) in [5.41, 5.74) is 1.48. The minimum Gasteiger partial charge on any atom is -0.491 e. The molecule has 124 valence electrons. The van der Waals surface area contributed by atoms with E-state index in [1.165, 1.54) is 0 Å². The lowest BCUT2D eigenvalue weighted by molar-refractivity contribution is 0.0732. The van der Waals surface area contributed by atoms with Gasteiger partial charge in [0.05, 0.1) is 6.54 Å². The second-order valence-corrected chi connectivity index (χ2v) is 6.12. The van der Waals surface area contributed by atoms with Crippen LogP contribution < -0.4 is 14.2 Å². The number of halogens is 1. The number of carbonyl (C=O) groups excluding carboxylic acids is 1. The van der Waals surface area contributed by atoms with Gasteiger partial charge in [-0.1, -0.05) is 11.6 Å². The summed E-state index contributed by atoms with van der Waals surface area (Å²) in [6.45, 7) is 2.45. The minimum atomic E-state index is -0.0663. The number of benzene rings is 2. The van der Waals surface area contributed by atoms with Gasteiger partial charge in [-0.25, -0.2) is 0 Å². The van der Waals surface area contributed by atoms with E-state index in [2.05, 4.69) is 0 Å². The number of fused-ring (bicyclic) bond motifs is 2. The number of carbonyl (C=O) groups is 1. The molecule has 0 aromatic heterocycles. The van der Waals surface area contributed by atoms with Crippen LogP contribution in [0.1, 0.15) is 15.9 Å². The molecule has 5 nitrogen and oxygen atoms in total. The molecule has 0 spiro atoms. The van der Waals surface area contributed by atoms with E-state index < -0.39 is 0 Å². The molecule has 0 saturated carbocycles. The lowest BCUT2D eigenvalue weighted by atomic mass is 10.1. The van der Waals surface area contributed by atoms with Crippen LogP contribution in [0, 0.1) is 0 Å². The van der Waals surface area contributed by atoms with Crippen LogP contribution in [0.5, 0.6) is 17.2 Å². The van der Waals surface area contributed by atoms with E-state index in [4.69, 9.17) is 25.8 Å². The molecule has 4 rings (SSSR count). The summed E-state index contributed by atoms with van der Waals surface area (Å²) in [5, 5.41) is 0.631. The van der Waals surface area contributed by atoms with Gasteiger partial charge >= 0.3 is 0 Å². The van der Waals surface area contributed by atoms with Crippen molar-refractivity contribution in [3.05, 3.63) is 52.5 Å². The maximum atomic E-state index is 12.9. The average molecular weight is 346 g/mol. The summed E-state index contributed by atoms with van der Waals surface area (Å²) in [4.78, 5) is 14.6. The highest BCUT2D eigenvalue weighted by molar-refractivity contribution is 6.30. The van der Waals surface area contributed by atoms with Crippen LogP contribution in [0.15, 0.2) is 36.4 Å². The van der Waals surface area contributed by atoms with Crippen LogP contribution in [-0.2, 0) is 6.54 Å². The van der Waals surface area contributed by atoms with Crippen molar-refractivity contribution in [2.45, 2.75) is 6.54 Å². The maximum Gasteiger partial charge on any atom is 0.254 e. The second kappa shape index (κ2) is 6.24. The van der Waals surface area contributed by atoms with Gasteiger partial charge in [0.1, 0.15) is 25.6 Å². The average Bonchev–Trinajstić information content (AvgIpc) is 2.82. The van der Waals surface area contributed by atoms with E-state index in [9.17, 15) is 4.79 Å². The zero-order valence-electron chi connectivity index (χ0n) is 13.0. The highest BCUT2D eigenvalue weighted by Gasteiger charge is 2.23. The lowest BCUT2D eigenvalue weighted by Crippen LogP contribution is -2.32. The Kier molecular flexibility index (Phi) is 3.94. The fourth-order valence-corrected chi connectivity index (χ4v) is 3.09. The van der Waals surface area contributed by atoms with Gasteiger partial charge in [0, 0.05) is 22.7 Å². The first-order chi connectivity index (χ1) is 11.7. The van der Waals surface area contributed by atoms with Gasteiger partial charge in [-0.2, -0.15) is 0 Å². The first kappa shape index (κ1) is 15.1. The quantitative estimate of drug-likeness (QED) is 0.796. The van der Waals surface area contributed by atoms with E-state index in [-0.39, 0.29) is 5.91 Å². The largest absolute Gasteiger partial charge is 0.491 e. The Labute approximate surface area is 144 Å². The Morgan fingerprint density at radius 1 is 0.917 bits per heavy atom. The normalized spacial score (nSPS) is 16.0. The molecule has 0 fully saturated rings. The number of amides is 1. The third-order valence-electron chi connectivity index (χ3n) is 4.08. The number of rotatable bonds is 1. The highest BCUT2D eigenvalue weighted by atomic mass is 35.5. The van der Waals surface area contributed by atoms with Crippen molar-refractivity contribution in [1.29, 1.82) is 0 Å². The number of nitrogens with zero attached hydrogens (tertiary/aromatic N) is 1. The van der Waals surface area contributed by atoms with Crippen LogP contribution >= 0.6 is 11.6 Å². The molecule has 0 N–H and O–H groups in total. The molecule has 24 heavy (non-hydrogen) atoms. The second-order valence-electron chi connectivity index (χ2n) is 5.69. The lowest BCUT2D eigenvalue weighted by Gasteiger charge is -2.22. The highest BCUT2D eigenvalue weighted by Crippen LogP contribution is 2.32. The summed E-state index contributed by atoms with van der Waals surface area (Å²) in [6, 6.07) is 10.8. The van der Waals surface area contributed by atoms with Crippen LogP contribution in [0.25, 0.3) is 0 Å². The van der Waals surface area contributed by atoms with Crippen molar-refractivity contribution in [3.8, 4) is 17.2 Å². The standard InChI is InChI=1S/C18H16ClNO4/c19-14-2-4-15-13(9-14)11-20(5-6-22-15)18(21)12-1-3-16-17(10-12)24-8-7-23-16/h1-4,9-10H,5-8,11H2. The number of hydrogen-bond acceptors (Lipinski definition) is 4. The summed E-state index contributed by atoms with van der Waals surface area (Å²) in [7, 11) is 0. The molecule has 6 heteroatoms.